The summed E-state index contributed by atoms with van der Waals surface area (Å²) in [6.07, 6.45) is 0. The molecule has 2 heterocycles. The van der Waals surface area contributed by atoms with Gasteiger partial charge in [0.1, 0.15) is 0 Å². The van der Waals surface area contributed by atoms with Gasteiger partial charge in [0, 0.05) is 51.3 Å². The summed E-state index contributed by atoms with van der Waals surface area (Å²) in [4.78, 5) is 0. The predicted octanol–water partition coefficient (Wildman–Crippen LogP) is 16.0. The van der Waals surface area contributed by atoms with Crippen LogP contribution in [0.1, 0.15) is 25.0 Å². The molecule has 0 fully saturated rings. The molecule has 0 spiro atoms. The lowest BCUT2D eigenvalue weighted by atomic mass is 9.80. The lowest BCUT2D eigenvalue weighted by Crippen LogP contribution is -2.15. The van der Waals surface area contributed by atoms with Crippen LogP contribution in [-0.4, -0.2) is 0 Å². The van der Waals surface area contributed by atoms with E-state index in [-0.39, 0.29) is 5.41 Å². The Morgan fingerprint density at radius 1 is 0.345 bits per heavy atom. The fourth-order valence-corrected chi connectivity index (χ4v) is 12.2. The summed E-state index contributed by atoms with van der Waals surface area (Å²) < 4.78 is 5.43. The molecule has 0 nitrogen and oxygen atoms in total. The molecule has 0 atom stereocenters. The highest BCUT2D eigenvalue weighted by atomic mass is 32.1. The normalized spacial score (nSPS) is 13.4. The molecule has 258 valence electrons. The molecular formula is C53H34S2. The van der Waals surface area contributed by atoms with Crippen molar-refractivity contribution >= 4 is 84.6 Å². The van der Waals surface area contributed by atoms with Crippen molar-refractivity contribution in [2.45, 2.75) is 19.3 Å². The van der Waals surface area contributed by atoms with Crippen molar-refractivity contribution in [3.63, 3.8) is 0 Å². The van der Waals surface area contributed by atoms with Gasteiger partial charge in [-0.1, -0.05) is 153 Å². The van der Waals surface area contributed by atoms with Crippen LogP contribution in [0.15, 0.2) is 170 Å². The number of hydrogen-bond acceptors (Lipinski definition) is 2. The fraction of sp³-hybridized carbons (Fsp3) is 0.0566. The van der Waals surface area contributed by atoms with Gasteiger partial charge in [-0.2, -0.15) is 0 Å². The van der Waals surface area contributed by atoms with Crippen LogP contribution < -0.4 is 0 Å². The van der Waals surface area contributed by atoms with E-state index in [9.17, 15) is 0 Å². The molecule has 0 aliphatic heterocycles. The number of thiophene rings is 2. The molecule has 0 saturated heterocycles. The van der Waals surface area contributed by atoms with E-state index in [1.807, 2.05) is 22.7 Å². The summed E-state index contributed by atoms with van der Waals surface area (Å²) >= 11 is 3.85. The lowest BCUT2D eigenvalue weighted by Gasteiger charge is -2.23. The van der Waals surface area contributed by atoms with Crippen LogP contribution in [0.5, 0.6) is 0 Å². The molecule has 9 aromatic carbocycles. The molecule has 55 heavy (non-hydrogen) atoms. The first kappa shape index (κ1) is 31.3. The van der Waals surface area contributed by atoms with Gasteiger partial charge in [-0.25, -0.2) is 0 Å². The molecule has 0 N–H and O–H groups in total. The van der Waals surface area contributed by atoms with E-state index in [1.54, 1.807) is 0 Å². The van der Waals surface area contributed by atoms with E-state index in [4.69, 9.17) is 0 Å². The van der Waals surface area contributed by atoms with Gasteiger partial charge in [0.05, 0.1) is 0 Å². The third-order valence-corrected chi connectivity index (χ3v) is 14.6. The molecule has 0 saturated carbocycles. The zero-order valence-electron chi connectivity index (χ0n) is 30.5. The zero-order chi connectivity index (χ0) is 36.4. The van der Waals surface area contributed by atoms with E-state index >= 15 is 0 Å². The van der Waals surface area contributed by atoms with Crippen molar-refractivity contribution in [1.82, 2.24) is 0 Å². The molecule has 11 aromatic rings. The molecule has 1 aliphatic carbocycles. The van der Waals surface area contributed by atoms with Crippen molar-refractivity contribution in [1.29, 1.82) is 0 Å². The Hall–Kier alpha value is -6.06. The second-order valence-electron chi connectivity index (χ2n) is 15.6. The average molecular weight is 735 g/mol. The molecule has 0 unspecified atom stereocenters. The monoisotopic (exact) mass is 734 g/mol. The van der Waals surface area contributed by atoms with Gasteiger partial charge in [-0.05, 0) is 102 Å². The Labute approximate surface area is 327 Å². The van der Waals surface area contributed by atoms with E-state index in [0.29, 0.717) is 0 Å². The maximum absolute atomic E-state index is 2.50. The van der Waals surface area contributed by atoms with Crippen LogP contribution in [0.3, 0.4) is 0 Å². The van der Waals surface area contributed by atoms with Crippen LogP contribution in [0.4, 0.5) is 0 Å². The second kappa shape index (κ2) is 11.5. The standard InChI is InChI=1S/C53H34S2/c1-53(2)43-27-25-32(41-30-47-50(39-20-10-12-22-45(39)54-47)51-40-21-11-13-23-46(40)55-52(41)51)28-42(43)34-26-24-33(29-44(34)53)49-37-18-8-6-16-35(37)48(31-14-4-3-5-15-31)36-17-7-9-19-38(36)49/h3-30H,1-2H3. The summed E-state index contributed by atoms with van der Waals surface area (Å²) in [6.45, 7) is 4.81. The van der Waals surface area contributed by atoms with Crippen molar-refractivity contribution in [3.05, 3.63) is 181 Å². The summed E-state index contributed by atoms with van der Waals surface area (Å²) in [6, 6.07) is 63.7. The first-order valence-electron chi connectivity index (χ1n) is 19.1. The van der Waals surface area contributed by atoms with Crippen LogP contribution in [-0.2, 0) is 5.41 Å². The van der Waals surface area contributed by atoms with Crippen molar-refractivity contribution in [3.8, 4) is 44.5 Å². The SMILES string of the molecule is CC1(C)c2ccc(-c3cc4sc5ccccc5c4c4c3sc3ccccc34)cc2-c2ccc(-c3c4ccccc4c(-c4ccccc4)c4ccccc34)cc21. The first-order chi connectivity index (χ1) is 27.0. The summed E-state index contributed by atoms with van der Waals surface area (Å²) in [5.41, 5.74) is 13.1. The fourth-order valence-electron chi connectivity index (χ4n) is 9.75. The van der Waals surface area contributed by atoms with Gasteiger partial charge in [-0.15, -0.1) is 22.7 Å². The maximum Gasteiger partial charge on any atom is 0.0441 e. The Morgan fingerprint density at radius 3 is 1.56 bits per heavy atom. The highest BCUT2D eigenvalue weighted by Gasteiger charge is 2.36. The minimum Gasteiger partial charge on any atom is -0.135 e. The van der Waals surface area contributed by atoms with Crippen molar-refractivity contribution < 1.29 is 0 Å². The number of fused-ring (bicyclic) bond motifs is 12. The molecule has 0 radical (unpaired) electrons. The first-order valence-corrected chi connectivity index (χ1v) is 20.7. The van der Waals surface area contributed by atoms with Gasteiger partial charge in [0.25, 0.3) is 0 Å². The predicted molar refractivity (Wildman–Crippen MR) is 241 cm³/mol. The molecule has 2 heteroatoms. The second-order valence-corrected chi connectivity index (χ2v) is 17.7. The Morgan fingerprint density at radius 2 is 0.891 bits per heavy atom. The molecule has 0 amide bonds. The van der Waals surface area contributed by atoms with Gasteiger partial charge < -0.3 is 0 Å². The minimum absolute atomic E-state index is 0.142. The molecule has 1 aliphatic rings. The molecular weight excluding hydrogens is 701 g/mol. The molecule has 2 aromatic heterocycles. The summed E-state index contributed by atoms with van der Waals surface area (Å²) in [7, 11) is 0. The lowest BCUT2D eigenvalue weighted by molar-refractivity contribution is 0.660. The summed E-state index contributed by atoms with van der Waals surface area (Å²) in [5.74, 6) is 0. The van der Waals surface area contributed by atoms with Gasteiger partial charge >= 0.3 is 0 Å². The van der Waals surface area contributed by atoms with E-state index < -0.39 is 0 Å². The summed E-state index contributed by atoms with van der Waals surface area (Å²) in [5, 5.41) is 10.7. The van der Waals surface area contributed by atoms with Crippen LogP contribution in [0.25, 0.3) is 106 Å². The van der Waals surface area contributed by atoms with Crippen LogP contribution >= 0.6 is 22.7 Å². The number of hydrogen-bond donors (Lipinski definition) is 0. The third kappa shape index (κ3) is 4.38. The van der Waals surface area contributed by atoms with Crippen LogP contribution in [0, 0.1) is 0 Å². The molecule has 0 bridgehead atoms. The Bertz CT molecular complexity index is 3340. The van der Waals surface area contributed by atoms with Gasteiger partial charge in [0.15, 0.2) is 0 Å². The third-order valence-electron chi connectivity index (χ3n) is 12.3. The van der Waals surface area contributed by atoms with Crippen molar-refractivity contribution in [2.24, 2.45) is 0 Å². The van der Waals surface area contributed by atoms with E-state index in [2.05, 4.69) is 184 Å². The van der Waals surface area contributed by atoms with E-state index in [1.165, 1.54) is 118 Å². The van der Waals surface area contributed by atoms with Crippen molar-refractivity contribution in [2.75, 3.05) is 0 Å². The topological polar surface area (TPSA) is 0 Å². The van der Waals surface area contributed by atoms with Gasteiger partial charge in [0.2, 0.25) is 0 Å². The smallest absolute Gasteiger partial charge is 0.0441 e. The Kier molecular flexibility index (Phi) is 6.53. The Balaban J connectivity index is 1.07. The zero-order valence-corrected chi connectivity index (χ0v) is 32.1. The minimum atomic E-state index is -0.142. The highest BCUT2D eigenvalue weighted by Crippen LogP contribution is 2.54. The quantitative estimate of drug-likeness (QED) is 0.159. The maximum atomic E-state index is 2.50. The van der Waals surface area contributed by atoms with Crippen LogP contribution in [0.2, 0.25) is 0 Å². The van der Waals surface area contributed by atoms with Gasteiger partial charge in [-0.3, -0.25) is 0 Å². The number of rotatable bonds is 3. The highest BCUT2D eigenvalue weighted by molar-refractivity contribution is 7.28. The molecule has 12 rings (SSSR count). The van der Waals surface area contributed by atoms with E-state index in [0.717, 1.165) is 0 Å². The largest absolute Gasteiger partial charge is 0.135 e. The number of benzene rings is 9. The average Bonchev–Trinajstić information content (AvgIpc) is 3.87.